The van der Waals surface area contributed by atoms with E-state index in [0.29, 0.717) is 30.5 Å². The van der Waals surface area contributed by atoms with Crippen LogP contribution in [0.2, 0.25) is 0 Å². The number of carbonyl (C=O) groups is 2. The lowest BCUT2D eigenvalue weighted by molar-refractivity contribution is -0.123. The number of thiazole rings is 1. The van der Waals surface area contributed by atoms with Crippen LogP contribution in [-0.4, -0.2) is 47.6 Å². The molecule has 2 heterocycles. The van der Waals surface area contributed by atoms with Crippen molar-refractivity contribution in [2.75, 3.05) is 25.0 Å². The molecule has 0 spiro atoms. The summed E-state index contributed by atoms with van der Waals surface area (Å²) in [5.74, 6) is -0.190. The van der Waals surface area contributed by atoms with Gasteiger partial charge in [0.25, 0.3) is 0 Å². The van der Waals surface area contributed by atoms with Gasteiger partial charge in [-0.3, -0.25) is 9.59 Å². The van der Waals surface area contributed by atoms with Crippen molar-refractivity contribution in [1.29, 1.82) is 0 Å². The van der Waals surface area contributed by atoms with Crippen molar-refractivity contribution in [2.45, 2.75) is 33.3 Å². The third-order valence-electron chi connectivity index (χ3n) is 3.66. The Kier molecular flexibility index (Phi) is 5.72. The van der Waals surface area contributed by atoms with Crippen LogP contribution in [0, 0.1) is 11.3 Å². The Balaban J connectivity index is 1.79. The first-order valence-electron chi connectivity index (χ1n) is 7.67. The Morgan fingerprint density at radius 3 is 2.78 bits per heavy atom. The Hall–Kier alpha value is -1.51. The molecule has 2 amide bonds. The van der Waals surface area contributed by atoms with Crippen molar-refractivity contribution in [3.63, 3.8) is 0 Å². The zero-order valence-corrected chi connectivity index (χ0v) is 14.5. The molecule has 1 aliphatic rings. The van der Waals surface area contributed by atoms with Crippen molar-refractivity contribution in [3.05, 3.63) is 11.1 Å². The molecule has 0 aromatic carbocycles. The number of aromatic nitrogens is 1. The van der Waals surface area contributed by atoms with Gasteiger partial charge in [0.1, 0.15) is 0 Å². The van der Waals surface area contributed by atoms with Crippen LogP contribution >= 0.6 is 11.3 Å². The maximum Gasteiger partial charge on any atom is 0.231 e. The summed E-state index contributed by atoms with van der Waals surface area (Å²) in [6.07, 6.45) is -0.244. The minimum absolute atomic E-state index is 0.0519. The topological polar surface area (TPSA) is 103 Å². The summed E-state index contributed by atoms with van der Waals surface area (Å²) < 4.78 is 0. The number of aliphatic hydroxyl groups is 1. The molecule has 2 rings (SSSR count). The third-order valence-corrected chi connectivity index (χ3v) is 4.47. The van der Waals surface area contributed by atoms with Crippen LogP contribution in [0.15, 0.2) is 5.38 Å². The highest BCUT2D eigenvalue weighted by Gasteiger charge is 2.25. The molecule has 0 aliphatic carbocycles. The van der Waals surface area contributed by atoms with Gasteiger partial charge in [-0.25, -0.2) is 4.98 Å². The van der Waals surface area contributed by atoms with E-state index in [9.17, 15) is 14.7 Å². The largest absolute Gasteiger partial charge is 0.391 e. The second-order valence-electron chi connectivity index (χ2n) is 6.81. The average molecular weight is 340 g/mol. The average Bonchev–Trinajstić information content (AvgIpc) is 3.05. The third kappa shape index (κ3) is 5.26. The van der Waals surface area contributed by atoms with Gasteiger partial charge in [0.05, 0.1) is 18.2 Å². The number of nitrogens with zero attached hydrogens (tertiary/aromatic N) is 1. The first-order chi connectivity index (χ1) is 10.8. The summed E-state index contributed by atoms with van der Waals surface area (Å²) in [6, 6.07) is 0. The maximum absolute atomic E-state index is 11.9. The maximum atomic E-state index is 11.9. The molecular formula is C15H24N4O3S. The number of β-amino-alcohol motifs (C(OH)–C–C–N with tert-alkyl or cyclic N) is 1. The lowest BCUT2D eigenvalue weighted by atomic mass is 9.96. The van der Waals surface area contributed by atoms with E-state index in [2.05, 4.69) is 20.9 Å². The van der Waals surface area contributed by atoms with Gasteiger partial charge in [-0.15, -0.1) is 11.3 Å². The van der Waals surface area contributed by atoms with Gasteiger partial charge in [0, 0.05) is 36.3 Å². The number of carbonyl (C=O) groups excluding carboxylic acids is 2. The quantitative estimate of drug-likeness (QED) is 0.620. The Morgan fingerprint density at radius 2 is 2.17 bits per heavy atom. The first-order valence-corrected chi connectivity index (χ1v) is 8.55. The fourth-order valence-corrected chi connectivity index (χ4v) is 2.83. The van der Waals surface area contributed by atoms with E-state index in [1.165, 1.54) is 11.3 Å². The smallest absolute Gasteiger partial charge is 0.231 e. The molecule has 4 N–H and O–H groups in total. The second-order valence-corrected chi connectivity index (χ2v) is 7.67. The van der Waals surface area contributed by atoms with E-state index in [-0.39, 0.29) is 24.2 Å². The molecule has 0 bridgehead atoms. The zero-order chi connectivity index (χ0) is 17.0. The molecule has 1 saturated heterocycles. The number of hydrogen-bond acceptors (Lipinski definition) is 6. The predicted molar refractivity (Wildman–Crippen MR) is 89.3 cm³/mol. The van der Waals surface area contributed by atoms with Crippen molar-refractivity contribution in [3.8, 4) is 0 Å². The van der Waals surface area contributed by atoms with Crippen LogP contribution in [0.4, 0.5) is 5.13 Å². The van der Waals surface area contributed by atoms with Gasteiger partial charge < -0.3 is 21.1 Å². The number of hydrogen-bond donors (Lipinski definition) is 4. The van der Waals surface area contributed by atoms with E-state index in [4.69, 9.17) is 0 Å². The van der Waals surface area contributed by atoms with Crippen molar-refractivity contribution >= 4 is 28.3 Å². The number of amides is 2. The van der Waals surface area contributed by atoms with Crippen LogP contribution in [0.25, 0.3) is 0 Å². The number of aliphatic hydroxyl groups excluding tert-OH is 1. The molecule has 1 aromatic rings. The van der Waals surface area contributed by atoms with Gasteiger partial charge in [-0.2, -0.15) is 0 Å². The van der Waals surface area contributed by atoms with Crippen molar-refractivity contribution in [1.82, 2.24) is 15.6 Å². The highest BCUT2D eigenvalue weighted by atomic mass is 32.1. The predicted octanol–water partition coefficient (Wildman–Crippen LogP) is 0.367. The number of nitrogens with one attached hydrogen (secondary N) is 3. The monoisotopic (exact) mass is 340 g/mol. The first kappa shape index (κ1) is 17.8. The van der Waals surface area contributed by atoms with Gasteiger partial charge in [0.2, 0.25) is 11.8 Å². The molecule has 23 heavy (non-hydrogen) atoms. The fourth-order valence-electron chi connectivity index (χ4n) is 2.13. The summed E-state index contributed by atoms with van der Waals surface area (Å²) in [5, 5.41) is 20.6. The van der Waals surface area contributed by atoms with E-state index in [0.717, 1.165) is 0 Å². The van der Waals surface area contributed by atoms with Gasteiger partial charge in [0.15, 0.2) is 5.13 Å². The lowest BCUT2D eigenvalue weighted by Crippen LogP contribution is -2.35. The molecule has 2 unspecified atom stereocenters. The molecule has 8 heteroatoms. The molecule has 2 atom stereocenters. The zero-order valence-electron chi connectivity index (χ0n) is 13.7. The summed E-state index contributed by atoms with van der Waals surface area (Å²) in [4.78, 5) is 28.1. The van der Waals surface area contributed by atoms with Crippen molar-refractivity contribution in [2.24, 2.45) is 11.3 Å². The fraction of sp³-hybridized carbons (Fsp3) is 0.667. The Bertz CT molecular complexity index is 567. The number of rotatable bonds is 5. The van der Waals surface area contributed by atoms with Crippen LogP contribution in [-0.2, 0) is 16.0 Å². The number of anilines is 1. The standard InChI is InChI=1S/C15H24N4O3S/c1-15(2,3)13(22)19-14-18-10(8-23-14)4-12(21)17-6-9-5-16-7-11(9)20/h8-9,11,16,20H,4-7H2,1-3H3,(H,17,21)(H,18,19,22). The lowest BCUT2D eigenvalue weighted by Gasteiger charge is -2.15. The molecule has 1 aromatic heterocycles. The summed E-state index contributed by atoms with van der Waals surface area (Å²) in [5.41, 5.74) is 0.140. The van der Waals surface area contributed by atoms with E-state index in [1.54, 1.807) is 5.38 Å². The minimum atomic E-state index is -0.487. The molecule has 7 nitrogen and oxygen atoms in total. The highest BCUT2D eigenvalue weighted by Crippen LogP contribution is 2.20. The SMILES string of the molecule is CC(C)(C)C(=O)Nc1nc(CC(=O)NCC2CNCC2O)cs1. The summed E-state index contributed by atoms with van der Waals surface area (Å²) >= 11 is 1.31. The molecule has 0 radical (unpaired) electrons. The van der Waals surface area contributed by atoms with E-state index >= 15 is 0 Å². The Labute approximate surface area is 139 Å². The van der Waals surface area contributed by atoms with Crippen LogP contribution in [0.5, 0.6) is 0 Å². The van der Waals surface area contributed by atoms with Crippen LogP contribution in [0.1, 0.15) is 26.5 Å². The van der Waals surface area contributed by atoms with Crippen LogP contribution < -0.4 is 16.0 Å². The molecule has 0 saturated carbocycles. The molecule has 128 valence electrons. The minimum Gasteiger partial charge on any atom is -0.391 e. The summed E-state index contributed by atoms with van der Waals surface area (Å²) in [7, 11) is 0. The second kappa shape index (κ2) is 7.37. The van der Waals surface area contributed by atoms with Gasteiger partial charge >= 0.3 is 0 Å². The molecule has 1 aliphatic heterocycles. The molecular weight excluding hydrogens is 316 g/mol. The van der Waals surface area contributed by atoms with Gasteiger partial charge in [-0.05, 0) is 0 Å². The summed E-state index contributed by atoms with van der Waals surface area (Å²) in [6.45, 7) is 7.22. The van der Waals surface area contributed by atoms with Crippen molar-refractivity contribution < 1.29 is 14.7 Å². The molecule has 1 fully saturated rings. The Morgan fingerprint density at radius 1 is 1.43 bits per heavy atom. The normalized spacial score (nSPS) is 21.2. The van der Waals surface area contributed by atoms with Crippen LogP contribution in [0.3, 0.4) is 0 Å². The van der Waals surface area contributed by atoms with E-state index < -0.39 is 11.5 Å². The highest BCUT2D eigenvalue weighted by molar-refractivity contribution is 7.13. The van der Waals surface area contributed by atoms with Gasteiger partial charge in [-0.1, -0.05) is 20.8 Å². The van der Waals surface area contributed by atoms with E-state index in [1.807, 2.05) is 20.8 Å².